The average molecular weight is 599 g/mol. The summed E-state index contributed by atoms with van der Waals surface area (Å²) in [7, 11) is 4.56. The lowest BCUT2D eigenvalue weighted by Crippen LogP contribution is -2.43. The molecule has 1 unspecified atom stereocenters. The Morgan fingerprint density at radius 3 is 2.38 bits per heavy atom. The molecular weight excluding hydrogens is 571 g/mol. The van der Waals surface area contributed by atoms with Gasteiger partial charge in [-0.1, -0.05) is 18.5 Å². The van der Waals surface area contributed by atoms with Crippen molar-refractivity contribution < 1.29 is 23.8 Å². The lowest BCUT2D eigenvalue weighted by Gasteiger charge is -2.31. The summed E-state index contributed by atoms with van der Waals surface area (Å²) >= 11 is 8.38. The van der Waals surface area contributed by atoms with Crippen molar-refractivity contribution in [2.45, 2.75) is 19.8 Å². The second-order valence-electron chi connectivity index (χ2n) is 8.09. The molecule has 1 atom stereocenters. The number of hydrogen-bond acceptors (Lipinski definition) is 5. The van der Waals surface area contributed by atoms with Gasteiger partial charge >= 0.3 is 0 Å². The van der Waals surface area contributed by atoms with Crippen molar-refractivity contribution in [2.24, 2.45) is 5.92 Å². The first-order chi connectivity index (χ1) is 16.3. The van der Waals surface area contributed by atoms with Gasteiger partial charge in [-0.3, -0.25) is 9.59 Å². The second kappa shape index (κ2) is 11.8. The molecule has 0 saturated carbocycles. The Morgan fingerprint density at radius 1 is 1.12 bits per heavy atom. The summed E-state index contributed by atoms with van der Waals surface area (Å²) in [5.74, 6) is 1.00. The Morgan fingerprint density at radius 2 is 1.79 bits per heavy atom. The number of hydrogen-bond donors (Lipinski definition) is 1. The minimum Gasteiger partial charge on any atom is -0.493 e. The molecule has 0 bridgehead atoms. The third-order valence-electron chi connectivity index (χ3n) is 5.59. The molecule has 2 amide bonds. The Hall–Kier alpha value is -2.46. The molecule has 2 aromatic rings. The number of piperidine rings is 1. The number of likely N-dealkylation sites (tertiary alicyclic amines) is 1. The van der Waals surface area contributed by atoms with E-state index in [4.69, 9.17) is 25.8 Å². The molecule has 34 heavy (non-hydrogen) atoms. The molecule has 182 valence electrons. The molecule has 1 fully saturated rings. The smallest absolute Gasteiger partial charge is 0.270 e. The summed E-state index contributed by atoms with van der Waals surface area (Å²) < 4.78 is 17.1. The lowest BCUT2D eigenvalue weighted by molar-refractivity contribution is -0.129. The first-order valence-electron chi connectivity index (χ1n) is 10.8. The number of rotatable bonds is 7. The fourth-order valence-electron chi connectivity index (χ4n) is 3.91. The van der Waals surface area contributed by atoms with E-state index in [1.807, 2.05) is 6.07 Å². The summed E-state index contributed by atoms with van der Waals surface area (Å²) in [5.41, 5.74) is 1.05. The van der Waals surface area contributed by atoms with Crippen LogP contribution in [0, 0.1) is 9.49 Å². The van der Waals surface area contributed by atoms with Gasteiger partial charge < -0.3 is 24.4 Å². The summed E-state index contributed by atoms with van der Waals surface area (Å²) in [6.45, 7) is 3.38. The monoisotopic (exact) mass is 598 g/mol. The van der Waals surface area contributed by atoms with Gasteiger partial charge in [-0.2, -0.15) is 0 Å². The van der Waals surface area contributed by atoms with Gasteiger partial charge in [0.05, 0.1) is 31.9 Å². The van der Waals surface area contributed by atoms with Crippen molar-refractivity contribution in [3.05, 3.63) is 55.7 Å². The first-order valence-corrected chi connectivity index (χ1v) is 12.3. The van der Waals surface area contributed by atoms with E-state index in [0.29, 0.717) is 52.4 Å². The third kappa shape index (κ3) is 6.15. The highest BCUT2D eigenvalue weighted by molar-refractivity contribution is 14.1. The minimum absolute atomic E-state index is 0.142. The van der Waals surface area contributed by atoms with Crippen molar-refractivity contribution in [3.8, 4) is 17.2 Å². The van der Waals surface area contributed by atoms with Crippen molar-refractivity contribution >= 4 is 52.1 Å². The van der Waals surface area contributed by atoms with E-state index in [-0.39, 0.29) is 11.6 Å². The fraction of sp³-hybridized carbons (Fsp3) is 0.360. The molecule has 1 aliphatic rings. The number of nitrogens with zero attached hydrogens (tertiary/aromatic N) is 1. The number of ether oxygens (including phenoxy) is 3. The van der Waals surface area contributed by atoms with Crippen LogP contribution < -0.4 is 19.5 Å². The predicted molar refractivity (Wildman–Crippen MR) is 141 cm³/mol. The maximum atomic E-state index is 13.5. The third-order valence-corrected chi connectivity index (χ3v) is 6.59. The van der Waals surface area contributed by atoms with E-state index in [9.17, 15) is 9.59 Å². The zero-order valence-electron chi connectivity index (χ0n) is 19.6. The number of amides is 2. The van der Waals surface area contributed by atoms with E-state index >= 15 is 0 Å². The van der Waals surface area contributed by atoms with Crippen molar-refractivity contribution in [1.29, 1.82) is 0 Å². The van der Waals surface area contributed by atoms with Gasteiger partial charge in [0.25, 0.3) is 11.8 Å². The first kappa shape index (κ1) is 26.2. The van der Waals surface area contributed by atoms with Gasteiger partial charge in [0.15, 0.2) is 11.5 Å². The maximum Gasteiger partial charge on any atom is 0.270 e. The van der Waals surface area contributed by atoms with E-state index in [0.717, 1.165) is 16.4 Å². The van der Waals surface area contributed by atoms with E-state index < -0.39 is 5.91 Å². The van der Waals surface area contributed by atoms with Crippen LogP contribution in [-0.4, -0.2) is 51.1 Å². The maximum absolute atomic E-state index is 13.5. The molecule has 3 rings (SSSR count). The van der Waals surface area contributed by atoms with Crippen LogP contribution in [-0.2, 0) is 4.79 Å². The summed E-state index contributed by atoms with van der Waals surface area (Å²) in [5, 5.41) is 3.10. The van der Waals surface area contributed by atoms with Crippen molar-refractivity contribution in [1.82, 2.24) is 10.2 Å². The standard InChI is InChI=1S/C25H28ClIN2O5/c1-15-6-5-9-29(14-15)25(31)20(28-24(30)18-13-17(27)7-8-19(18)26)10-16-11-21(32-2)23(34-4)22(12-16)33-3/h7-8,10-13,15H,5-6,9,14H2,1-4H3,(H,28,30). The molecule has 1 saturated heterocycles. The molecule has 0 radical (unpaired) electrons. The van der Waals surface area contributed by atoms with Crippen LogP contribution in [0.5, 0.6) is 17.2 Å². The molecule has 2 aromatic carbocycles. The van der Waals surface area contributed by atoms with Gasteiger partial charge in [0.1, 0.15) is 5.70 Å². The zero-order valence-corrected chi connectivity index (χ0v) is 22.5. The van der Waals surface area contributed by atoms with Crippen LogP contribution in [0.2, 0.25) is 5.02 Å². The number of benzene rings is 2. The highest BCUT2D eigenvalue weighted by atomic mass is 127. The molecule has 0 aliphatic carbocycles. The van der Waals surface area contributed by atoms with Gasteiger partial charge in [-0.25, -0.2) is 0 Å². The van der Waals surface area contributed by atoms with Crippen molar-refractivity contribution in [3.63, 3.8) is 0 Å². The Kier molecular flexibility index (Phi) is 9.07. The van der Waals surface area contributed by atoms with Gasteiger partial charge in [-0.05, 0) is 83.3 Å². The van der Waals surface area contributed by atoms with E-state index in [1.165, 1.54) is 21.3 Å². The average Bonchev–Trinajstić information content (AvgIpc) is 2.83. The Labute approximate surface area is 218 Å². The molecule has 1 heterocycles. The SMILES string of the molecule is COc1cc(C=C(NC(=O)c2cc(I)ccc2Cl)C(=O)N2CCCC(C)C2)cc(OC)c1OC. The van der Waals surface area contributed by atoms with Crippen LogP contribution >= 0.6 is 34.2 Å². The molecule has 7 nitrogen and oxygen atoms in total. The number of nitrogens with one attached hydrogen (secondary N) is 1. The number of methoxy groups -OCH3 is 3. The molecule has 1 aliphatic heterocycles. The summed E-state index contributed by atoms with van der Waals surface area (Å²) in [6.07, 6.45) is 3.60. The lowest BCUT2D eigenvalue weighted by atomic mass is 10.00. The van der Waals surface area contributed by atoms with Crippen LogP contribution in [0.25, 0.3) is 6.08 Å². The second-order valence-corrected chi connectivity index (χ2v) is 9.75. The van der Waals surface area contributed by atoms with E-state index in [2.05, 4.69) is 34.8 Å². The largest absolute Gasteiger partial charge is 0.493 e. The van der Waals surface area contributed by atoms with Crippen LogP contribution in [0.1, 0.15) is 35.7 Å². The molecule has 0 spiro atoms. The zero-order chi connectivity index (χ0) is 24.8. The summed E-state index contributed by atoms with van der Waals surface area (Å²) in [4.78, 5) is 28.4. The number of halogens is 2. The molecule has 0 aromatic heterocycles. The van der Waals surface area contributed by atoms with Gasteiger partial charge in [0.2, 0.25) is 5.75 Å². The topological polar surface area (TPSA) is 77.1 Å². The quantitative estimate of drug-likeness (QED) is 0.359. The van der Waals surface area contributed by atoms with Crippen LogP contribution in [0.15, 0.2) is 36.0 Å². The summed E-state index contributed by atoms with van der Waals surface area (Å²) in [6, 6.07) is 8.60. The van der Waals surface area contributed by atoms with Gasteiger partial charge in [0, 0.05) is 16.7 Å². The Balaban J connectivity index is 2.04. The van der Waals surface area contributed by atoms with Crippen LogP contribution in [0.4, 0.5) is 0 Å². The van der Waals surface area contributed by atoms with Gasteiger partial charge in [-0.15, -0.1) is 0 Å². The normalized spacial score (nSPS) is 16.1. The molecule has 1 N–H and O–H groups in total. The highest BCUT2D eigenvalue weighted by Gasteiger charge is 2.26. The number of carbonyl (C=O) groups is 2. The predicted octanol–water partition coefficient (Wildman–Crippen LogP) is 5.00. The fourth-order valence-corrected chi connectivity index (χ4v) is 4.60. The Bertz CT molecular complexity index is 1080. The van der Waals surface area contributed by atoms with Crippen LogP contribution in [0.3, 0.4) is 0 Å². The van der Waals surface area contributed by atoms with E-state index in [1.54, 1.807) is 35.2 Å². The molecule has 9 heteroatoms. The number of carbonyl (C=O) groups excluding carboxylic acids is 2. The minimum atomic E-state index is -0.458. The highest BCUT2D eigenvalue weighted by Crippen LogP contribution is 2.38. The molecular formula is C25H28ClIN2O5. The van der Waals surface area contributed by atoms with Crippen molar-refractivity contribution in [2.75, 3.05) is 34.4 Å².